The Morgan fingerprint density at radius 2 is 1.97 bits per heavy atom. The lowest BCUT2D eigenvalue weighted by Gasteiger charge is -2.34. The van der Waals surface area contributed by atoms with Gasteiger partial charge >= 0.3 is 0 Å². The number of carbonyl (C=O) groups excluding carboxylic acids is 1. The number of rotatable bonds is 6. The van der Waals surface area contributed by atoms with E-state index in [4.69, 9.17) is 4.52 Å². The molecule has 3 aromatic heterocycles. The van der Waals surface area contributed by atoms with Gasteiger partial charge in [0.1, 0.15) is 11.5 Å². The quantitative estimate of drug-likeness (QED) is 0.385. The summed E-state index contributed by atoms with van der Waals surface area (Å²) in [4.78, 5) is 27.2. The standard InChI is InChI=1S/C22H21FN6O2S2/c1-32-22-24-13-17(29(22)16-6-4-15(23)5-7-16)21(30)28-10-8-27(9-11-28)14-19-25-20(26-31-19)18-3-2-12-33-18/h2-7,12-13H,8-11,14H2,1H3. The first kappa shape index (κ1) is 21.8. The highest BCUT2D eigenvalue weighted by Gasteiger charge is 2.27. The molecular formula is C22H21FN6O2S2. The molecule has 0 saturated carbocycles. The minimum absolute atomic E-state index is 0.0930. The van der Waals surface area contributed by atoms with Crippen LogP contribution in [0.15, 0.2) is 57.7 Å². The molecule has 33 heavy (non-hydrogen) atoms. The molecule has 0 atom stereocenters. The Morgan fingerprint density at radius 1 is 1.18 bits per heavy atom. The van der Waals surface area contributed by atoms with E-state index in [-0.39, 0.29) is 11.7 Å². The van der Waals surface area contributed by atoms with Crippen LogP contribution < -0.4 is 0 Å². The SMILES string of the molecule is CSc1ncc(C(=O)N2CCN(Cc3nc(-c4cccs4)no3)CC2)n1-c1ccc(F)cc1. The maximum atomic E-state index is 13.4. The molecule has 1 aliphatic rings. The van der Waals surface area contributed by atoms with Crippen molar-refractivity contribution in [3.05, 3.63) is 65.4 Å². The molecule has 8 nitrogen and oxygen atoms in total. The van der Waals surface area contributed by atoms with Crippen LogP contribution in [0, 0.1) is 5.82 Å². The van der Waals surface area contributed by atoms with E-state index in [9.17, 15) is 9.18 Å². The minimum Gasteiger partial charge on any atom is -0.338 e. The number of benzene rings is 1. The third-order valence-electron chi connectivity index (χ3n) is 5.44. The van der Waals surface area contributed by atoms with E-state index >= 15 is 0 Å². The predicted octanol–water partition coefficient (Wildman–Crippen LogP) is 3.80. The fourth-order valence-electron chi connectivity index (χ4n) is 3.76. The Kier molecular flexibility index (Phi) is 6.25. The van der Waals surface area contributed by atoms with Crippen molar-refractivity contribution < 1.29 is 13.7 Å². The number of imidazole rings is 1. The van der Waals surface area contributed by atoms with E-state index < -0.39 is 0 Å². The van der Waals surface area contributed by atoms with Crippen LogP contribution >= 0.6 is 23.1 Å². The minimum atomic E-state index is -0.322. The summed E-state index contributed by atoms with van der Waals surface area (Å²) < 4.78 is 20.6. The number of piperazine rings is 1. The first-order chi connectivity index (χ1) is 16.1. The highest BCUT2D eigenvalue weighted by atomic mass is 32.2. The number of nitrogens with zero attached hydrogens (tertiary/aromatic N) is 6. The summed E-state index contributed by atoms with van der Waals surface area (Å²) in [6, 6.07) is 9.99. The van der Waals surface area contributed by atoms with Gasteiger partial charge in [-0.3, -0.25) is 14.3 Å². The Hall–Kier alpha value is -3.02. The van der Waals surface area contributed by atoms with Gasteiger partial charge in [0.15, 0.2) is 5.16 Å². The van der Waals surface area contributed by atoms with Gasteiger partial charge in [-0.2, -0.15) is 4.98 Å². The average Bonchev–Trinajstić information content (AvgIpc) is 3.60. The lowest BCUT2D eigenvalue weighted by Crippen LogP contribution is -2.48. The first-order valence-corrected chi connectivity index (χ1v) is 12.5. The molecule has 0 radical (unpaired) electrons. The zero-order valence-corrected chi connectivity index (χ0v) is 19.5. The van der Waals surface area contributed by atoms with Crippen LogP contribution in [0.1, 0.15) is 16.4 Å². The summed E-state index contributed by atoms with van der Waals surface area (Å²) >= 11 is 3.01. The maximum absolute atomic E-state index is 13.4. The van der Waals surface area contributed by atoms with Gasteiger partial charge in [-0.25, -0.2) is 9.37 Å². The van der Waals surface area contributed by atoms with Gasteiger partial charge < -0.3 is 9.42 Å². The molecule has 1 aliphatic heterocycles. The number of thiophene rings is 1. The van der Waals surface area contributed by atoms with Gasteiger partial charge in [-0.15, -0.1) is 11.3 Å². The fourth-order valence-corrected chi connectivity index (χ4v) is 4.95. The molecule has 4 heterocycles. The van der Waals surface area contributed by atoms with Crippen LogP contribution in [0.5, 0.6) is 0 Å². The van der Waals surface area contributed by atoms with Crippen molar-refractivity contribution in [3.8, 4) is 16.4 Å². The van der Waals surface area contributed by atoms with Gasteiger partial charge in [-0.1, -0.05) is 23.0 Å². The third-order valence-corrected chi connectivity index (χ3v) is 6.96. The van der Waals surface area contributed by atoms with Crippen LogP contribution in [0.4, 0.5) is 4.39 Å². The number of carbonyl (C=O) groups is 1. The molecule has 4 aromatic rings. The van der Waals surface area contributed by atoms with Crippen LogP contribution in [-0.4, -0.2) is 67.8 Å². The number of aromatic nitrogens is 4. The molecule has 5 rings (SSSR count). The molecule has 0 spiro atoms. The number of hydrogen-bond acceptors (Lipinski definition) is 8. The molecule has 0 N–H and O–H groups in total. The van der Waals surface area contributed by atoms with Gasteiger partial charge in [-0.05, 0) is 42.0 Å². The van der Waals surface area contributed by atoms with Crippen molar-refractivity contribution in [3.63, 3.8) is 0 Å². The number of amides is 1. The molecule has 0 unspecified atom stereocenters. The number of thioether (sulfide) groups is 1. The molecule has 1 amide bonds. The Balaban J connectivity index is 1.25. The van der Waals surface area contributed by atoms with E-state index in [1.165, 1.54) is 23.9 Å². The second-order valence-electron chi connectivity index (χ2n) is 7.50. The first-order valence-electron chi connectivity index (χ1n) is 10.4. The van der Waals surface area contributed by atoms with E-state index in [0.29, 0.717) is 61.0 Å². The van der Waals surface area contributed by atoms with Crippen LogP contribution in [0.25, 0.3) is 16.4 Å². The van der Waals surface area contributed by atoms with E-state index in [0.717, 1.165) is 4.88 Å². The lowest BCUT2D eigenvalue weighted by atomic mass is 10.2. The maximum Gasteiger partial charge on any atom is 0.272 e. The van der Waals surface area contributed by atoms with E-state index in [2.05, 4.69) is 20.0 Å². The Morgan fingerprint density at radius 3 is 2.67 bits per heavy atom. The van der Waals surface area contributed by atoms with Crippen molar-refractivity contribution in [2.24, 2.45) is 0 Å². The summed E-state index contributed by atoms with van der Waals surface area (Å²) in [5, 5.41) is 6.72. The van der Waals surface area contributed by atoms with Gasteiger partial charge in [0.05, 0.1) is 17.6 Å². The van der Waals surface area contributed by atoms with E-state index in [1.54, 1.807) is 34.2 Å². The number of halogens is 1. The second-order valence-corrected chi connectivity index (χ2v) is 9.22. The molecule has 1 aromatic carbocycles. The monoisotopic (exact) mass is 484 g/mol. The summed E-state index contributed by atoms with van der Waals surface area (Å²) in [5.41, 5.74) is 1.18. The van der Waals surface area contributed by atoms with Crippen LogP contribution in [0.2, 0.25) is 0 Å². The Labute approximate surface area is 198 Å². The molecule has 11 heteroatoms. The predicted molar refractivity (Wildman–Crippen MR) is 124 cm³/mol. The topological polar surface area (TPSA) is 80.3 Å². The van der Waals surface area contributed by atoms with Crippen LogP contribution in [0.3, 0.4) is 0 Å². The average molecular weight is 485 g/mol. The lowest BCUT2D eigenvalue weighted by molar-refractivity contribution is 0.0607. The smallest absolute Gasteiger partial charge is 0.272 e. The summed E-state index contributed by atoms with van der Waals surface area (Å²) in [5.74, 6) is 0.756. The van der Waals surface area contributed by atoms with Crippen molar-refractivity contribution >= 4 is 29.0 Å². The van der Waals surface area contributed by atoms with Crippen molar-refractivity contribution in [2.45, 2.75) is 11.7 Å². The largest absolute Gasteiger partial charge is 0.338 e. The molecule has 1 saturated heterocycles. The van der Waals surface area contributed by atoms with Gasteiger partial charge in [0.2, 0.25) is 11.7 Å². The van der Waals surface area contributed by atoms with Gasteiger partial charge in [0, 0.05) is 31.9 Å². The molecule has 1 fully saturated rings. The molecular weight excluding hydrogens is 463 g/mol. The van der Waals surface area contributed by atoms with E-state index in [1.807, 2.05) is 28.7 Å². The zero-order chi connectivity index (χ0) is 22.8. The van der Waals surface area contributed by atoms with Crippen molar-refractivity contribution in [1.82, 2.24) is 29.5 Å². The summed E-state index contributed by atoms with van der Waals surface area (Å²) in [7, 11) is 0. The normalized spacial score (nSPS) is 14.7. The summed E-state index contributed by atoms with van der Waals surface area (Å²) in [6.07, 6.45) is 3.49. The van der Waals surface area contributed by atoms with Gasteiger partial charge in [0.25, 0.3) is 5.91 Å². The second kappa shape index (κ2) is 9.46. The molecule has 0 bridgehead atoms. The Bertz CT molecular complexity index is 1230. The fraction of sp³-hybridized carbons (Fsp3) is 0.273. The molecule has 170 valence electrons. The highest BCUT2D eigenvalue weighted by molar-refractivity contribution is 7.98. The van der Waals surface area contributed by atoms with Crippen molar-refractivity contribution in [1.29, 1.82) is 0 Å². The highest BCUT2D eigenvalue weighted by Crippen LogP contribution is 2.24. The molecule has 0 aliphatic carbocycles. The van der Waals surface area contributed by atoms with Crippen LogP contribution in [-0.2, 0) is 6.54 Å². The number of hydrogen-bond donors (Lipinski definition) is 0. The third kappa shape index (κ3) is 4.56. The zero-order valence-electron chi connectivity index (χ0n) is 17.8. The summed E-state index contributed by atoms with van der Waals surface area (Å²) in [6.45, 7) is 3.09. The van der Waals surface area contributed by atoms with Crippen molar-refractivity contribution in [2.75, 3.05) is 32.4 Å².